The summed E-state index contributed by atoms with van der Waals surface area (Å²) in [6.45, 7) is 8.37. The number of hydrazone groups is 1. The van der Waals surface area contributed by atoms with Gasteiger partial charge in [-0.2, -0.15) is 5.10 Å². The fourth-order valence-electron chi connectivity index (χ4n) is 3.44. The molecule has 9 nitrogen and oxygen atoms in total. The van der Waals surface area contributed by atoms with E-state index in [-0.39, 0.29) is 11.5 Å². The van der Waals surface area contributed by atoms with Crippen LogP contribution in [0.15, 0.2) is 82.8 Å². The number of carbonyl (C=O) groups excluding carboxylic acids is 2. The van der Waals surface area contributed by atoms with Crippen molar-refractivity contribution in [2.75, 3.05) is 17.5 Å². The van der Waals surface area contributed by atoms with E-state index in [0.717, 1.165) is 15.4 Å². The number of esters is 1. The molecule has 0 saturated carbocycles. The molecular formula is C29H33N3O6S. The first kappa shape index (κ1) is 29.4. The zero-order valence-electron chi connectivity index (χ0n) is 22.7. The Balaban J connectivity index is 1.65. The first-order chi connectivity index (χ1) is 18.3. The van der Waals surface area contributed by atoms with Gasteiger partial charge in [-0.25, -0.2) is 18.6 Å². The molecule has 0 aromatic heterocycles. The Morgan fingerprint density at radius 3 is 2.23 bits per heavy atom. The molecule has 0 atom stereocenters. The zero-order chi connectivity index (χ0) is 28.6. The lowest BCUT2D eigenvalue weighted by Gasteiger charge is -2.24. The van der Waals surface area contributed by atoms with E-state index >= 15 is 0 Å². The molecule has 1 N–H and O–H groups in total. The minimum absolute atomic E-state index is 0.0832. The predicted octanol–water partition coefficient (Wildman–Crippen LogP) is 4.37. The van der Waals surface area contributed by atoms with E-state index in [4.69, 9.17) is 9.47 Å². The Morgan fingerprint density at radius 1 is 0.949 bits per heavy atom. The number of hydrogen-bond acceptors (Lipinski definition) is 7. The third kappa shape index (κ3) is 8.96. The highest BCUT2D eigenvalue weighted by Crippen LogP contribution is 2.24. The van der Waals surface area contributed by atoms with E-state index in [1.807, 2.05) is 19.9 Å². The number of rotatable bonds is 10. The largest absolute Gasteiger partial charge is 0.482 e. The summed E-state index contributed by atoms with van der Waals surface area (Å²) < 4.78 is 38.6. The van der Waals surface area contributed by atoms with Crippen LogP contribution in [0.1, 0.15) is 37.5 Å². The summed E-state index contributed by atoms with van der Waals surface area (Å²) in [5.41, 5.74) is 4.60. The van der Waals surface area contributed by atoms with E-state index in [1.54, 1.807) is 75.4 Å². The quantitative estimate of drug-likeness (QED) is 0.227. The molecule has 0 saturated heterocycles. The van der Waals surface area contributed by atoms with Crippen LogP contribution >= 0.6 is 0 Å². The molecule has 0 radical (unpaired) electrons. The van der Waals surface area contributed by atoms with Gasteiger partial charge >= 0.3 is 5.97 Å². The van der Waals surface area contributed by atoms with Gasteiger partial charge in [0.05, 0.1) is 16.8 Å². The molecule has 0 bridgehead atoms. The highest BCUT2D eigenvalue weighted by Gasteiger charge is 2.27. The number of nitrogens with one attached hydrogen (secondary N) is 1. The number of benzene rings is 3. The lowest BCUT2D eigenvalue weighted by Crippen LogP contribution is -2.39. The van der Waals surface area contributed by atoms with Crippen LogP contribution in [0.2, 0.25) is 0 Å². The van der Waals surface area contributed by atoms with Crippen molar-refractivity contribution in [3.8, 4) is 5.75 Å². The lowest BCUT2D eigenvalue weighted by molar-refractivity contribution is -0.157. The number of hydrogen-bond donors (Lipinski definition) is 1. The molecule has 0 aliphatic rings. The highest BCUT2D eigenvalue weighted by atomic mass is 32.2. The summed E-state index contributed by atoms with van der Waals surface area (Å²) in [6, 6.07) is 20.1. The number of ether oxygens (including phenoxy) is 2. The van der Waals surface area contributed by atoms with Crippen molar-refractivity contribution in [2.24, 2.45) is 5.10 Å². The summed E-state index contributed by atoms with van der Waals surface area (Å²) in [4.78, 5) is 24.6. The number of aryl methyl sites for hydroxylation is 2. The Hall–Kier alpha value is -4.18. The number of nitrogens with zero attached hydrogens (tertiary/aromatic N) is 2. The molecule has 0 fully saturated rings. The maximum absolute atomic E-state index is 13.4. The van der Waals surface area contributed by atoms with Gasteiger partial charge in [-0.05, 0) is 94.3 Å². The second kappa shape index (κ2) is 12.6. The molecule has 3 aromatic carbocycles. The van der Waals surface area contributed by atoms with E-state index in [2.05, 4.69) is 10.5 Å². The summed E-state index contributed by atoms with van der Waals surface area (Å²) in [5.74, 6) is -0.613. The topological polar surface area (TPSA) is 114 Å². The number of carbonyl (C=O) groups is 2. The average molecular weight is 552 g/mol. The fourth-order valence-corrected chi connectivity index (χ4v) is 4.86. The smallest absolute Gasteiger partial charge is 0.344 e. The van der Waals surface area contributed by atoms with Crippen LogP contribution in [0, 0.1) is 13.8 Å². The predicted molar refractivity (Wildman–Crippen MR) is 150 cm³/mol. The molecule has 206 valence electrons. The van der Waals surface area contributed by atoms with Crippen LogP contribution in [0.4, 0.5) is 5.69 Å². The van der Waals surface area contributed by atoms with E-state index in [9.17, 15) is 18.0 Å². The first-order valence-corrected chi connectivity index (χ1v) is 13.7. The second-order valence-corrected chi connectivity index (χ2v) is 11.8. The Morgan fingerprint density at radius 2 is 1.62 bits per heavy atom. The van der Waals surface area contributed by atoms with Crippen molar-refractivity contribution < 1.29 is 27.5 Å². The van der Waals surface area contributed by atoms with E-state index in [1.165, 1.54) is 18.3 Å². The van der Waals surface area contributed by atoms with Crippen molar-refractivity contribution in [1.29, 1.82) is 0 Å². The molecule has 1 amide bonds. The Kier molecular flexibility index (Phi) is 9.47. The first-order valence-electron chi connectivity index (χ1n) is 12.3. The number of sulfonamides is 1. The normalized spacial score (nSPS) is 11.7. The van der Waals surface area contributed by atoms with Crippen molar-refractivity contribution in [3.63, 3.8) is 0 Å². The molecule has 0 spiro atoms. The zero-order valence-corrected chi connectivity index (χ0v) is 23.5. The standard InChI is InChI=1S/C29H33N3O6S/c1-21-9-15-26(16-10-21)39(35,36)32(24-8-6-7-22(2)17-24)19-27(33)31-30-18-23-11-13-25(14-12-23)37-20-28(34)38-29(3,4)5/h6-18H,19-20H2,1-5H3,(H,31,33)/b30-18-. The van der Waals surface area contributed by atoms with E-state index < -0.39 is 34.0 Å². The van der Waals surface area contributed by atoms with Gasteiger partial charge in [0, 0.05) is 0 Å². The summed E-state index contributed by atoms with van der Waals surface area (Å²) >= 11 is 0. The molecular weight excluding hydrogens is 518 g/mol. The van der Waals surface area contributed by atoms with Crippen molar-refractivity contribution in [3.05, 3.63) is 89.5 Å². The SMILES string of the molecule is Cc1ccc(S(=O)(=O)N(CC(=O)N/N=C\c2ccc(OCC(=O)OC(C)(C)C)cc2)c2cccc(C)c2)cc1. The van der Waals surface area contributed by atoms with Crippen molar-refractivity contribution in [2.45, 2.75) is 45.1 Å². The van der Waals surface area contributed by atoms with Gasteiger partial charge in [0.15, 0.2) is 6.61 Å². The molecule has 0 aliphatic carbocycles. The van der Waals surface area contributed by atoms with Gasteiger partial charge in [-0.15, -0.1) is 0 Å². The summed E-state index contributed by atoms with van der Waals surface area (Å²) in [7, 11) is -4.01. The summed E-state index contributed by atoms with van der Waals surface area (Å²) in [5, 5.41) is 3.96. The van der Waals surface area contributed by atoms with Crippen molar-refractivity contribution in [1.82, 2.24) is 5.43 Å². The minimum Gasteiger partial charge on any atom is -0.482 e. The van der Waals surface area contributed by atoms with Crippen LogP contribution < -0.4 is 14.5 Å². The lowest BCUT2D eigenvalue weighted by atomic mass is 10.2. The van der Waals surface area contributed by atoms with E-state index in [0.29, 0.717) is 17.0 Å². The number of anilines is 1. The van der Waals surface area contributed by atoms with Gasteiger partial charge in [0.1, 0.15) is 17.9 Å². The van der Waals surface area contributed by atoms with Gasteiger partial charge in [-0.3, -0.25) is 9.10 Å². The molecule has 0 heterocycles. The third-order valence-electron chi connectivity index (χ3n) is 5.25. The molecule has 0 unspecified atom stereocenters. The van der Waals surface area contributed by atoms with Crippen molar-refractivity contribution >= 4 is 33.8 Å². The molecule has 39 heavy (non-hydrogen) atoms. The van der Waals surface area contributed by atoms with Crippen LogP contribution in [0.3, 0.4) is 0 Å². The second-order valence-electron chi connectivity index (χ2n) is 9.90. The van der Waals surface area contributed by atoms with Crippen LogP contribution in [-0.2, 0) is 24.3 Å². The van der Waals surface area contributed by atoms with Gasteiger partial charge < -0.3 is 9.47 Å². The Labute approximate surface area is 229 Å². The molecule has 3 aromatic rings. The third-order valence-corrected chi connectivity index (χ3v) is 7.03. The monoisotopic (exact) mass is 551 g/mol. The maximum atomic E-state index is 13.4. The highest BCUT2D eigenvalue weighted by molar-refractivity contribution is 7.92. The Bertz CT molecular complexity index is 1430. The fraction of sp³-hybridized carbons (Fsp3) is 0.276. The summed E-state index contributed by atoms with van der Waals surface area (Å²) in [6.07, 6.45) is 1.42. The minimum atomic E-state index is -4.01. The van der Waals surface area contributed by atoms with Crippen LogP contribution in [0.5, 0.6) is 5.75 Å². The number of amides is 1. The maximum Gasteiger partial charge on any atom is 0.344 e. The molecule has 0 aliphatic heterocycles. The van der Waals surface area contributed by atoms with Crippen LogP contribution in [0.25, 0.3) is 0 Å². The molecule has 10 heteroatoms. The van der Waals surface area contributed by atoms with Gasteiger partial charge in [0.25, 0.3) is 15.9 Å². The average Bonchev–Trinajstić information content (AvgIpc) is 2.86. The van der Waals surface area contributed by atoms with Gasteiger partial charge in [0.2, 0.25) is 0 Å². The van der Waals surface area contributed by atoms with Crippen LogP contribution in [-0.4, -0.2) is 45.3 Å². The molecule has 3 rings (SSSR count). The van der Waals surface area contributed by atoms with Gasteiger partial charge in [-0.1, -0.05) is 29.8 Å².